The highest BCUT2D eigenvalue weighted by molar-refractivity contribution is 7.92. The molecule has 3 aromatic rings. The molecule has 0 saturated carbocycles. The Balaban J connectivity index is 1.92. The van der Waals surface area contributed by atoms with Crippen molar-refractivity contribution >= 4 is 50.7 Å². The van der Waals surface area contributed by atoms with Crippen LogP contribution >= 0.6 is 23.2 Å². The fourth-order valence-corrected chi connectivity index (χ4v) is 6.23. The maximum Gasteiger partial charge on any atom is 0.243 e. The topological polar surface area (TPSA) is 86.8 Å². The Morgan fingerprint density at radius 3 is 2.33 bits per heavy atom. The average molecular weight is 633 g/mol. The van der Waals surface area contributed by atoms with E-state index in [1.54, 1.807) is 29.2 Å². The third-order valence-corrected chi connectivity index (χ3v) is 8.94. The third kappa shape index (κ3) is 9.21. The maximum absolute atomic E-state index is 13.9. The van der Waals surface area contributed by atoms with E-state index in [0.717, 1.165) is 23.1 Å². The van der Waals surface area contributed by atoms with Crippen LogP contribution in [0, 0.1) is 13.8 Å². The predicted molar refractivity (Wildman–Crippen MR) is 172 cm³/mol. The van der Waals surface area contributed by atoms with Gasteiger partial charge in [-0.2, -0.15) is 0 Å². The highest BCUT2D eigenvalue weighted by Gasteiger charge is 2.31. The SMILES string of the molecule is CCCNC(=O)C(Cc1ccccc1)N(Cc1ccc(Cl)cc1Cl)C(=O)CCCN(c1cccc(C)c1C)S(C)(=O)=O. The quantitative estimate of drug-likeness (QED) is 0.225. The summed E-state index contributed by atoms with van der Waals surface area (Å²) in [6.07, 6.45) is 2.53. The first-order valence-electron chi connectivity index (χ1n) is 14.0. The maximum atomic E-state index is 13.9. The molecule has 0 fully saturated rings. The molecule has 3 aromatic carbocycles. The summed E-state index contributed by atoms with van der Waals surface area (Å²) >= 11 is 12.6. The van der Waals surface area contributed by atoms with Crippen molar-refractivity contribution in [1.29, 1.82) is 0 Å². The molecule has 0 aromatic heterocycles. The minimum Gasteiger partial charge on any atom is -0.354 e. The van der Waals surface area contributed by atoms with Crippen LogP contribution in [0.4, 0.5) is 5.69 Å². The molecule has 0 saturated heterocycles. The van der Waals surface area contributed by atoms with Gasteiger partial charge in [0.1, 0.15) is 6.04 Å². The van der Waals surface area contributed by atoms with Gasteiger partial charge in [-0.1, -0.05) is 78.7 Å². The third-order valence-electron chi connectivity index (χ3n) is 7.17. The number of hydrogen-bond donors (Lipinski definition) is 1. The average Bonchev–Trinajstić information content (AvgIpc) is 2.94. The zero-order valence-corrected chi connectivity index (χ0v) is 26.9. The number of amides is 2. The standard InChI is InChI=1S/C32H39Cl2N3O4S/c1-5-18-35-32(39)30(20-25-12-7-6-8-13-25)36(22-26-16-17-27(33)21-28(26)34)31(38)15-10-19-37(42(4,40)41)29-14-9-11-23(2)24(29)3/h6-9,11-14,16-17,21,30H,5,10,15,18-20,22H2,1-4H3,(H,35,39). The Morgan fingerprint density at radius 2 is 1.69 bits per heavy atom. The lowest BCUT2D eigenvalue weighted by Crippen LogP contribution is -2.50. The summed E-state index contributed by atoms with van der Waals surface area (Å²) in [7, 11) is -3.60. The second kappa shape index (κ2) is 15.4. The first-order valence-corrected chi connectivity index (χ1v) is 16.6. The number of aryl methyl sites for hydroxylation is 1. The van der Waals surface area contributed by atoms with Crippen LogP contribution in [0.15, 0.2) is 66.7 Å². The molecule has 42 heavy (non-hydrogen) atoms. The van der Waals surface area contributed by atoms with Crippen molar-refractivity contribution in [3.8, 4) is 0 Å². The van der Waals surface area contributed by atoms with Crippen LogP contribution < -0.4 is 9.62 Å². The number of nitrogens with one attached hydrogen (secondary N) is 1. The molecule has 1 N–H and O–H groups in total. The first kappa shape index (κ1) is 33.4. The molecule has 2 amide bonds. The van der Waals surface area contributed by atoms with E-state index in [0.29, 0.717) is 34.3 Å². The zero-order valence-electron chi connectivity index (χ0n) is 24.6. The number of carbonyl (C=O) groups excluding carboxylic acids is 2. The van der Waals surface area contributed by atoms with Crippen LogP contribution in [0.3, 0.4) is 0 Å². The van der Waals surface area contributed by atoms with Gasteiger partial charge in [0.2, 0.25) is 21.8 Å². The van der Waals surface area contributed by atoms with Gasteiger partial charge in [-0.3, -0.25) is 13.9 Å². The van der Waals surface area contributed by atoms with E-state index in [4.69, 9.17) is 23.2 Å². The van der Waals surface area contributed by atoms with Crippen LogP contribution in [0.2, 0.25) is 10.0 Å². The van der Waals surface area contributed by atoms with Crippen molar-refractivity contribution in [1.82, 2.24) is 10.2 Å². The summed E-state index contributed by atoms with van der Waals surface area (Å²) in [4.78, 5) is 29.0. The Kier molecular flexibility index (Phi) is 12.3. The highest BCUT2D eigenvalue weighted by atomic mass is 35.5. The van der Waals surface area contributed by atoms with Gasteiger partial charge in [0.15, 0.2) is 0 Å². The van der Waals surface area contributed by atoms with Gasteiger partial charge in [0, 0.05) is 42.5 Å². The Hall–Kier alpha value is -3.07. The number of rotatable bonds is 14. The predicted octanol–water partition coefficient (Wildman–Crippen LogP) is 6.32. The first-order chi connectivity index (χ1) is 19.9. The molecule has 10 heteroatoms. The monoisotopic (exact) mass is 631 g/mol. The number of anilines is 1. The van der Waals surface area contributed by atoms with E-state index in [2.05, 4.69) is 5.32 Å². The van der Waals surface area contributed by atoms with Gasteiger partial charge < -0.3 is 10.2 Å². The summed E-state index contributed by atoms with van der Waals surface area (Å²) in [6.45, 7) is 6.47. The molecule has 0 heterocycles. The van der Waals surface area contributed by atoms with Crippen LogP contribution in [-0.4, -0.2) is 50.5 Å². The molecule has 0 aliphatic heterocycles. The molecule has 1 unspecified atom stereocenters. The lowest BCUT2D eigenvalue weighted by Gasteiger charge is -2.32. The van der Waals surface area contributed by atoms with Gasteiger partial charge in [0.05, 0.1) is 11.9 Å². The summed E-state index contributed by atoms with van der Waals surface area (Å²) in [5, 5.41) is 3.81. The van der Waals surface area contributed by atoms with Crippen molar-refractivity contribution in [2.45, 2.75) is 59.0 Å². The number of carbonyl (C=O) groups is 2. The summed E-state index contributed by atoms with van der Waals surface area (Å²) < 4.78 is 26.9. The Morgan fingerprint density at radius 1 is 0.976 bits per heavy atom. The molecule has 0 radical (unpaired) electrons. The highest BCUT2D eigenvalue weighted by Crippen LogP contribution is 2.27. The van der Waals surface area contributed by atoms with Crippen molar-refractivity contribution in [2.24, 2.45) is 0 Å². The van der Waals surface area contributed by atoms with E-state index >= 15 is 0 Å². The molecule has 226 valence electrons. The van der Waals surface area contributed by atoms with Gasteiger partial charge in [-0.25, -0.2) is 8.42 Å². The minimum absolute atomic E-state index is 0.0362. The number of hydrogen-bond acceptors (Lipinski definition) is 4. The molecular formula is C32H39Cl2N3O4S. The molecule has 0 aliphatic carbocycles. The van der Waals surface area contributed by atoms with E-state index in [1.165, 1.54) is 10.6 Å². The number of sulfonamides is 1. The van der Waals surface area contributed by atoms with Crippen molar-refractivity contribution < 1.29 is 18.0 Å². The van der Waals surface area contributed by atoms with Crippen molar-refractivity contribution in [2.75, 3.05) is 23.7 Å². The number of benzene rings is 3. The zero-order chi connectivity index (χ0) is 30.9. The van der Waals surface area contributed by atoms with E-state index in [-0.39, 0.29) is 37.7 Å². The number of halogens is 2. The van der Waals surface area contributed by atoms with Crippen LogP contribution in [0.1, 0.15) is 48.4 Å². The van der Waals surface area contributed by atoms with E-state index < -0.39 is 16.1 Å². The van der Waals surface area contributed by atoms with Crippen molar-refractivity contribution in [3.63, 3.8) is 0 Å². The van der Waals surface area contributed by atoms with Gasteiger partial charge in [0.25, 0.3) is 0 Å². The molecule has 3 rings (SSSR count). The van der Waals surface area contributed by atoms with Gasteiger partial charge in [-0.05, 0) is 67.1 Å². The van der Waals surface area contributed by atoms with Gasteiger partial charge in [-0.15, -0.1) is 0 Å². The van der Waals surface area contributed by atoms with E-state index in [1.807, 2.05) is 63.2 Å². The van der Waals surface area contributed by atoms with E-state index in [9.17, 15) is 18.0 Å². The second-order valence-electron chi connectivity index (χ2n) is 10.4. The lowest BCUT2D eigenvalue weighted by atomic mass is 10.0. The number of nitrogens with zero attached hydrogens (tertiary/aromatic N) is 2. The summed E-state index contributed by atoms with van der Waals surface area (Å²) in [5.41, 5.74) is 4.00. The molecular weight excluding hydrogens is 593 g/mol. The minimum atomic E-state index is -3.60. The fourth-order valence-electron chi connectivity index (χ4n) is 4.74. The normalized spacial score (nSPS) is 12.0. The van der Waals surface area contributed by atoms with Crippen molar-refractivity contribution in [3.05, 3.63) is 99.0 Å². The molecule has 0 bridgehead atoms. The smallest absolute Gasteiger partial charge is 0.243 e. The van der Waals surface area contributed by atoms with Crippen LogP contribution in [0.25, 0.3) is 0 Å². The van der Waals surface area contributed by atoms with Gasteiger partial charge >= 0.3 is 0 Å². The Labute approximate surface area is 259 Å². The summed E-state index contributed by atoms with van der Waals surface area (Å²) in [5.74, 6) is -0.532. The molecule has 7 nitrogen and oxygen atoms in total. The molecule has 0 aliphatic rings. The van der Waals surface area contributed by atoms with Crippen LogP contribution in [-0.2, 0) is 32.6 Å². The molecule has 1 atom stereocenters. The largest absolute Gasteiger partial charge is 0.354 e. The fraction of sp³-hybridized carbons (Fsp3) is 0.375. The molecule has 0 spiro atoms. The Bertz CT molecular complexity index is 1480. The lowest BCUT2D eigenvalue weighted by molar-refractivity contribution is -0.141. The van der Waals surface area contributed by atoms with Crippen LogP contribution in [0.5, 0.6) is 0 Å². The second-order valence-corrected chi connectivity index (χ2v) is 13.2. The summed E-state index contributed by atoms with van der Waals surface area (Å²) in [6, 6.07) is 19.3.